The lowest BCUT2D eigenvalue weighted by atomic mass is 10.1. The molecule has 1 saturated heterocycles. The molecule has 1 heterocycles. The maximum Gasteiger partial charge on any atom is 0.269 e. The molecule has 1 fully saturated rings. The first-order chi connectivity index (χ1) is 15.5. The van der Waals surface area contributed by atoms with Crippen LogP contribution < -0.4 is 20.7 Å². The lowest BCUT2D eigenvalue weighted by Crippen LogP contribution is -2.39. The summed E-state index contributed by atoms with van der Waals surface area (Å²) in [6.07, 6.45) is 1.05. The van der Waals surface area contributed by atoms with Crippen LogP contribution in [0, 0.1) is 23.0 Å². The number of aryl methyl sites for hydroxylation is 1. The Kier molecular flexibility index (Phi) is 8.68. The molecular formula is C23H31N5O4. The van der Waals surface area contributed by atoms with Crippen LogP contribution in [-0.2, 0) is 11.3 Å². The first-order valence-corrected chi connectivity index (χ1v) is 10.8. The van der Waals surface area contributed by atoms with Gasteiger partial charge in [-0.1, -0.05) is 12.1 Å². The minimum absolute atomic E-state index is 0.0781. The normalized spacial score (nSPS) is 15.9. The summed E-state index contributed by atoms with van der Waals surface area (Å²) in [5, 5.41) is 20.5. The van der Waals surface area contributed by atoms with Gasteiger partial charge in [-0.05, 0) is 37.1 Å². The zero-order chi connectivity index (χ0) is 22.8. The van der Waals surface area contributed by atoms with Crippen LogP contribution in [0.2, 0.25) is 0 Å². The minimum Gasteiger partial charge on any atom is -0.493 e. The number of aliphatic imine (C=N–C) groups is 1. The maximum atomic E-state index is 10.7. The average Bonchev–Trinajstić information content (AvgIpc) is 3.32. The van der Waals surface area contributed by atoms with Crippen molar-refractivity contribution in [2.75, 3.05) is 45.3 Å². The van der Waals surface area contributed by atoms with Crippen LogP contribution in [0.5, 0.6) is 5.75 Å². The summed E-state index contributed by atoms with van der Waals surface area (Å²) in [4.78, 5) is 14.6. The fraction of sp³-hybridized carbons (Fsp3) is 0.435. The van der Waals surface area contributed by atoms with Gasteiger partial charge in [-0.25, -0.2) is 0 Å². The van der Waals surface area contributed by atoms with Gasteiger partial charge in [0, 0.05) is 62.6 Å². The lowest BCUT2D eigenvalue weighted by molar-refractivity contribution is -0.384. The Morgan fingerprint density at radius 1 is 1.22 bits per heavy atom. The number of ether oxygens (including phenoxy) is 2. The highest BCUT2D eigenvalue weighted by Crippen LogP contribution is 2.22. The molecule has 0 aromatic heterocycles. The zero-order valence-electron chi connectivity index (χ0n) is 18.6. The smallest absolute Gasteiger partial charge is 0.269 e. The largest absolute Gasteiger partial charge is 0.493 e. The average molecular weight is 442 g/mol. The number of nitro benzene ring substituents is 1. The standard InChI is InChI=1S/C23H31N5O4/c1-17-3-4-19(22(13-17)32-16-18-9-12-31-15-18)14-27-23(24-2)26-11-10-25-20-5-7-21(8-6-20)28(29)30/h3-8,13,18,25H,9-12,14-16H2,1-2H3,(H2,24,26,27). The van der Waals surface area contributed by atoms with Crippen molar-refractivity contribution in [3.05, 3.63) is 63.7 Å². The molecule has 2 aromatic rings. The number of rotatable bonds is 10. The maximum absolute atomic E-state index is 10.7. The number of anilines is 1. The third kappa shape index (κ3) is 7.12. The van der Waals surface area contributed by atoms with E-state index in [0.29, 0.717) is 38.1 Å². The Morgan fingerprint density at radius 3 is 2.72 bits per heavy atom. The van der Waals surface area contributed by atoms with E-state index in [1.807, 2.05) is 0 Å². The van der Waals surface area contributed by atoms with Crippen molar-refractivity contribution in [3.8, 4) is 5.75 Å². The molecule has 9 heteroatoms. The van der Waals surface area contributed by atoms with Gasteiger partial charge in [0.05, 0.1) is 18.1 Å². The molecule has 3 rings (SSSR count). The van der Waals surface area contributed by atoms with Crippen LogP contribution >= 0.6 is 0 Å². The number of nitrogens with one attached hydrogen (secondary N) is 3. The van der Waals surface area contributed by atoms with E-state index < -0.39 is 4.92 Å². The first-order valence-electron chi connectivity index (χ1n) is 10.8. The van der Waals surface area contributed by atoms with Gasteiger partial charge in [0.2, 0.25) is 0 Å². The topological polar surface area (TPSA) is 110 Å². The van der Waals surface area contributed by atoms with Gasteiger partial charge in [0.1, 0.15) is 5.75 Å². The lowest BCUT2D eigenvalue weighted by Gasteiger charge is -2.17. The Morgan fingerprint density at radius 2 is 2.03 bits per heavy atom. The fourth-order valence-electron chi connectivity index (χ4n) is 3.35. The summed E-state index contributed by atoms with van der Waals surface area (Å²) < 4.78 is 11.5. The monoisotopic (exact) mass is 441 g/mol. The van der Waals surface area contributed by atoms with Crippen molar-refractivity contribution in [2.45, 2.75) is 19.9 Å². The predicted octanol–water partition coefficient (Wildman–Crippen LogP) is 3.10. The fourth-order valence-corrected chi connectivity index (χ4v) is 3.35. The second-order valence-corrected chi connectivity index (χ2v) is 7.74. The highest BCUT2D eigenvalue weighted by atomic mass is 16.6. The van der Waals surface area contributed by atoms with Crippen LogP contribution in [0.4, 0.5) is 11.4 Å². The molecule has 172 valence electrons. The number of hydrogen-bond acceptors (Lipinski definition) is 6. The number of nitro groups is 1. The van der Waals surface area contributed by atoms with E-state index in [1.165, 1.54) is 12.1 Å². The number of non-ortho nitro benzene ring substituents is 1. The number of benzene rings is 2. The molecule has 0 bridgehead atoms. The zero-order valence-corrected chi connectivity index (χ0v) is 18.6. The van der Waals surface area contributed by atoms with Crippen molar-refractivity contribution < 1.29 is 14.4 Å². The molecule has 0 radical (unpaired) electrons. The first kappa shape index (κ1) is 23.3. The summed E-state index contributed by atoms with van der Waals surface area (Å²) in [6, 6.07) is 12.6. The van der Waals surface area contributed by atoms with E-state index >= 15 is 0 Å². The molecule has 1 aliphatic heterocycles. The molecular weight excluding hydrogens is 410 g/mol. The Bertz CT molecular complexity index is 911. The number of nitrogens with zero attached hydrogens (tertiary/aromatic N) is 2. The highest BCUT2D eigenvalue weighted by molar-refractivity contribution is 5.79. The molecule has 9 nitrogen and oxygen atoms in total. The summed E-state index contributed by atoms with van der Waals surface area (Å²) in [6.45, 7) is 6.17. The Balaban J connectivity index is 1.44. The molecule has 1 atom stereocenters. The molecule has 3 N–H and O–H groups in total. The number of guanidine groups is 1. The second-order valence-electron chi connectivity index (χ2n) is 7.74. The van der Waals surface area contributed by atoms with Gasteiger partial charge in [-0.2, -0.15) is 0 Å². The predicted molar refractivity (Wildman–Crippen MR) is 125 cm³/mol. The van der Waals surface area contributed by atoms with Gasteiger partial charge in [-0.3, -0.25) is 15.1 Å². The van der Waals surface area contributed by atoms with Crippen molar-refractivity contribution in [3.63, 3.8) is 0 Å². The van der Waals surface area contributed by atoms with Crippen molar-refractivity contribution in [1.29, 1.82) is 0 Å². The third-order valence-corrected chi connectivity index (χ3v) is 5.22. The van der Waals surface area contributed by atoms with E-state index in [1.54, 1.807) is 19.2 Å². The van der Waals surface area contributed by atoms with E-state index in [9.17, 15) is 10.1 Å². The Hall–Kier alpha value is -3.33. The number of hydrogen-bond donors (Lipinski definition) is 3. The SMILES string of the molecule is CN=C(NCCNc1ccc([N+](=O)[O-])cc1)NCc1ccc(C)cc1OCC1CCOC1. The van der Waals surface area contributed by atoms with Crippen LogP contribution in [-0.4, -0.2) is 50.8 Å². The third-order valence-electron chi connectivity index (χ3n) is 5.22. The van der Waals surface area contributed by atoms with E-state index in [0.717, 1.165) is 42.2 Å². The van der Waals surface area contributed by atoms with Crippen LogP contribution in [0.25, 0.3) is 0 Å². The van der Waals surface area contributed by atoms with E-state index in [-0.39, 0.29) is 5.69 Å². The van der Waals surface area contributed by atoms with Gasteiger partial charge in [-0.15, -0.1) is 0 Å². The van der Waals surface area contributed by atoms with Crippen LogP contribution in [0.15, 0.2) is 47.5 Å². The summed E-state index contributed by atoms with van der Waals surface area (Å²) >= 11 is 0. The molecule has 32 heavy (non-hydrogen) atoms. The molecule has 2 aromatic carbocycles. The molecule has 0 saturated carbocycles. The summed E-state index contributed by atoms with van der Waals surface area (Å²) in [5.74, 6) is 2.03. The van der Waals surface area contributed by atoms with Crippen LogP contribution in [0.1, 0.15) is 17.5 Å². The van der Waals surface area contributed by atoms with Gasteiger partial charge >= 0.3 is 0 Å². The van der Waals surface area contributed by atoms with Crippen LogP contribution in [0.3, 0.4) is 0 Å². The van der Waals surface area contributed by atoms with Crippen molar-refractivity contribution in [2.24, 2.45) is 10.9 Å². The minimum atomic E-state index is -0.408. The van der Waals surface area contributed by atoms with Gasteiger partial charge in [0.25, 0.3) is 5.69 Å². The van der Waals surface area contributed by atoms with Gasteiger partial charge < -0.3 is 25.4 Å². The summed E-state index contributed by atoms with van der Waals surface area (Å²) in [5.41, 5.74) is 3.14. The summed E-state index contributed by atoms with van der Waals surface area (Å²) in [7, 11) is 1.73. The van der Waals surface area contributed by atoms with Gasteiger partial charge in [0.15, 0.2) is 5.96 Å². The second kappa shape index (κ2) is 11.9. The van der Waals surface area contributed by atoms with Crippen molar-refractivity contribution >= 4 is 17.3 Å². The van der Waals surface area contributed by atoms with E-state index in [4.69, 9.17) is 9.47 Å². The highest BCUT2D eigenvalue weighted by Gasteiger charge is 2.17. The molecule has 0 amide bonds. The molecule has 0 spiro atoms. The molecule has 0 aliphatic carbocycles. The molecule has 1 aliphatic rings. The Labute approximate surface area is 188 Å². The van der Waals surface area contributed by atoms with Crippen molar-refractivity contribution in [1.82, 2.24) is 10.6 Å². The molecule has 1 unspecified atom stereocenters. The van der Waals surface area contributed by atoms with E-state index in [2.05, 4.69) is 46.1 Å². The quantitative estimate of drug-likeness (QED) is 0.171.